The van der Waals surface area contributed by atoms with Crippen LogP contribution in [0.3, 0.4) is 0 Å². The van der Waals surface area contributed by atoms with Gasteiger partial charge in [0.25, 0.3) is 0 Å². The SMILES string of the molecule is NC(=O)CCCNCc1cc(F)cc(F)c1. The van der Waals surface area contributed by atoms with Crippen LogP contribution in [0.25, 0.3) is 0 Å². The Morgan fingerprint density at radius 2 is 1.88 bits per heavy atom. The molecular weight excluding hydrogens is 214 g/mol. The van der Waals surface area contributed by atoms with Gasteiger partial charge in [-0.1, -0.05) is 0 Å². The average Bonchev–Trinajstić information content (AvgIpc) is 2.15. The first-order chi connectivity index (χ1) is 7.58. The van der Waals surface area contributed by atoms with Gasteiger partial charge in [0.15, 0.2) is 0 Å². The van der Waals surface area contributed by atoms with E-state index in [1.165, 1.54) is 12.1 Å². The Morgan fingerprint density at radius 1 is 1.25 bits per heavy atom. The molecule has 16 heavy (non-hydrogen) atoms. The number of hydrogen-bond donors (Lipinski definition) is 2. The van der Waals surface area contributed by atoms with Crippen molar-refractivity contribution in [3.05, 3.63) is 35.4 Å². The fourth-order valence-corrected chi connectivity index (χ4v) is 1.33. The van der Waals surface area contributed by atoms with Crippen molar-refractivity contribution in [1.82, 2.24) is 5.32 Å². The van der Waals surface area contributed by atoms with Gasteiger partial charge in [-0.3, -0.25) is 4.79 Å². The van der Waals surface area contributed by atoms with Crippen LogP contribution < -0.4 is 11.1 Å². The fraction of sp³-hybridized carbons (Fsp3) is 0.364. The highest BCUT2D eigenvalue weighted by atomic mass is 19.1. The second kappa shape index (κ2) is 6.17. The molecule has 0 saturated carbocycles. The van der Waals surface area contributed by atoms with E-state index in [2.05, 4.69) is 5.32 Å². The van der Waals surface area contributed by atoms with Gasteiger partial charge in [0.2, 0.25) is 5.91 Å². The lowest BCUT2D eigenvalue weighted by Crippen LogP contribution is -2.18. The van der Waals surface area contributed by atoms with Gasteiger partial charge in [-0.25, -0.2) is 8.78 Å². The van der Waals surface area contributed by atoms with Crippen molar-refractivity contribution in [2.75, 3.05) is 6.54 Å². The molecule has 1 rings (SSSR count). The lowest BCUT2D eigenvalue weighted by Gasteiger charge is -2.04. The molecule has 3 nitrogen and oxygen atoms in total. The highest BCUT2D eigenvalue weighted by molar-refractivity contribution is 5.73. The quantitative estimate of drug-likeness (QED) is 0.721. The molecule has 5 heteroatoms. The molecule has 1 aromatic carbocycles. The summed E-state index contributed by atoms with van der Waals surface area (Å²) in [6.45, 7) is 0.953. The monoisotopic (exact) mass is 228 g/mol. The molecule has 0 aliphatic heterocycles. The van der Waals surface area contributed by atoms with Crippen LogP contribution in [-0.4, -0.2) is 12.5 Å². The third kappa shape index (κ3) is 4.84. The number of benzene rings is 1. The molecule has 0 unspecified atom stereocenters. The van der Waals surface area contributed by atoms with Gasteiger partial charge in [-0.15, -0.1) is 0 Å². The van der Waals surface area contributed by atoms with Crippen LogP contribution in [0.4, 0.5) is 8.78 Å². The minimum Gasteiger partial charge on any atom is -0.370 e. The molecular formula is C11H14F2N2O. The van der Waals surface area contributed by atoms with Crippen molar-refractivity contribution in [2.24, 2.45) is 5.73 Å². The molecule has 0 fully saturated rings. The highest BCUT2D eigenvalue weighted by Gasteiger charge is 2.00. The van der Waals surface area contributed by atoms with Gasteiger partial charge in [0.1, 0.15) is 11.6 Å². The van der Waals surface area contributed by atoms with Crippen molar-refractivity contribution in [1.29, 1.82) is 0 Å². The summed E-state index contributed by atoms with van der Waals surface area (Å²) in [5, 5.41) is 2.97. The molecule has 0 atom stereocenters. The van der Waals surface area contributed by atoms with Crippen LogP contribution in [0.1, 0.15) is 18.4 Å². The van der Waals surface area contributed by atoms with E-state index < -0.39 is 11.6 Å². The van der Waals surface area contributed by atoms with Gasteiger partial charge in [-0.2, -0.15) is 0 Å². The molecule has 0 heterocycles. The molecule has 0 aliphatic carbocycles. The van der Waals surface area contributed by atoms with E-state index in [0.717, 1.165) is 6.07 Å². The summed E-state index contributed by atoms with van der Waals surface area (Å²) in [4.78, 5) is 10.4. The van der Waals surface area contributed by atoms with Crippen molar-refractivity contribution < 1.29 is 13.6 Å². The molecule has 0 bridgehead atoms. The molecule has 0 radical (unpaired) electrons. The highest BCUT2D eigenvalue weighted by Crippen LogP contribution is 2.07. The predicted molar refractivity (Wildman–Crippen MR) is 56.5 cm³/mol. The maximum absolute atomic E-state index is 12.8. The Bertz CT molecular complexity index is 349. The summed E-state index contributed by atoms with van der Waals surface area (Å²) in [7, 11) is 0. The summed E-state index contributed by atoms with van der Waals surface area (Å²) >= 11 is 0. The summed E-state index contributed by atoms with van der Waals surface area (Å²) in [5.41, 5.74) is 5.50. The van der Waals surface area contributed by atoms with Gasteiger partial charge in [-0.05, 0) is 30.7 Å². The number of carbonyl (C=O) groups is 1. The third-order valence-corrected chi connectivity index (χ3v) is 2.03. The van der Waals surface area contributed by atoms with E-state index in [-0.39, 0.29) is 5.91 Å². The zero-order valence-electron chi connectivity index (χ0n) is 8.80. The van der Waals surface area contributed by atoms with Gasteiger partial charge < -0.3 is 11.1 Å². The van der Waals surface area contributed by atoms with Crippen molar-refractivity contribution in [3.63, 3.8) is 0 Å². The van der Waals surface area contributed by atoms with Crippen LogP contribution in [0, 0.1) is 11.6 Å². The Labute approximate surface area is 92.6 Å². The molecule has 0 aliphatic rings. The fourth-order valence-electron chi connectivity index (χ4n) is 1.33. The van der Waals surface area contributed by atoms with Crippen molar-refractivity contribution >= 4 is 5.91 Å². The Balaban J connectivity index is 2.29. The number of nitrogens with two attached hydrogens (primary N) is 1. The summed E-state index contributed by atoms with van der Waals surface area (Å²) in [5.74, 6) is -1.53. The maximum Gasteiger partial charge on any atom is 0.217 e. The molecule has 1 aromatic rings. The molecule has 88 valence electrons. The lowest BCUT2D eigenvalue weighted by atomic mass is 10.2. The summed E-state index contributed by atoms with van der Waals surface area (Å²) in [6, 6.07) is 3.37. The summed E-state index contributed by atoms with van der Waals surface area (Å²) in [6.07, 6.45) is 0.928. The van der Waals surface area contributed by atoms with Gasteiger partial charge in [0, 0.05) is 19.0 Å². The minimum atomic E-state index is -0.589. The van der Waals surface area contributed by atoms with Crippen molar-refractivity contribution in [3.8, 4) is 0 Å². The Morgan fingerprint density at radius 3 is 2.44 bits per heavy atom. The topological polar surface area (TPSA) is 55.1 Å². The molecule has 0 aromatic heterocycles. The van der Waals surface area contributed by atoms with Crippen LogP contribution in [0.5, 0.6) is 0 Å². The molecule has 0 saturated heterocycles. The second-order valence-corrected chi connectivity index (χ2v) is 3.52. The minimum absolute atomic E-state index is 0.310. The molecule has 3 N–H and O–H groups in total. The number of carbonyl (C=O) groups excluding carboxylic acids is 1. The maximum atomic E-state index is 12.8. The van der Waals surface area contributed by atoms with E-state index in [1.807, 2.05) is 0 Å². The lowest BCUT2D eigenvalue weighted by molar-refractivity contribution is -0.118. The van der Waals surface area contributed by atoms with E-state index in [0.29, 0.717) is 31.5 Å². The zero-order chi connectivity index (χ0) is 12.0. The Kier molecular flexibility index (Phi) is 4.85. The van der Waals surface area contributed by atoms with Crippen molar-refractivity contribution in [2.45, 2.75) is 19.4 Å². The van der Waals surface area contributed by atoms with Gasteiger partial charge in [0.05, 0.1) is 0 Å². The number of halogens is 2. The van der Waals surface area contributed by atoms with E-state index in [9.17, 15) is 13.6 Å². The van der Waals surface area contributed by atoms with Crippen LogP contribution in [0.15, 0.2) is 18.2 Å². The van der Waals surface area contributed by atoms with E-state index >= 15 is 0 Å². The standard InChI is InChI=1S/C11H14F2N2O/c12-9-4-8(5-10(13)6-9)7-15-3-1-2-11(14)16/h4-6,15H,1-3,7H2,(H2,14,16). The smallest absolute Gasteiger partial charge is 0.217 e. The number of hydrogen-bond acceptors (Lipinski definition) is 2. The first-order valence-corrected chi connectivity index (χ1v) is 5.02. The number of amides is 1. The third-order valence-electron chi connectivity index (χ3n) is 2.03. The Hall–Kier alpha value is -1.49. The first kappa shape index (κ1) is 12.6. The van der Waals surface area contributed by atoms with Crippen LogP contribution >= 0.6 is 0 Å². The number of rotatable bonds is 6. The zero-order valence-corrected chi connectivity index (χ0v) is 8.80. The van der Waals surface area contributed by atoms with Crippen LogP contribution in [-0.2, 0) is 11.3 Å². The van der Waals surface area contributed by atoms with Crippen LogP contribution in [0.2, 0.25) is 0 Å². The summed E-state index contributed by atoms with van der Waals surface area (Å²) < 4.78 is 25.6. The first-order valence-electron chi connectivity index (χ1n) is 5.02. The number of primary amides is 1. The normalized spacial score (nSPS) is 10.4. The average molecular weight is 228 g/mol. The predicted octanol–water partition coefficient (Wildman–Crippen LogP) is 1.32. The van der Waals surface area contributed by atoms with E-state index in [4.69, 9.17) is 5.73 Å². The second-order valence-electron chi connectivity index (χ2n) is 3.52. The number of nitrogens with one attached hydrogen (secondary N) is 1. The molecule has 1 amide bonds. The van der Waals surface area contributed by atoms with Gasteiger partial charge >= 0.3 is 0 Å². The molecule has 0 spiro atoms. The largest absolute Gasteiger partial charge is 0.370 e. The van der Waals surface area contributed by atoms with E-state index in [1.54, 1.807) is 0 Å².